The quantitative estimate of drug-likeness (QED) is 0.601. The van der Waals surface area contributed by atoms with Crippen LogP contribution >= 0.6 is 15.9 Å². The molecule has 0 saturated carbocycles. The minimum atomic E-state index is 0.919. The number of fused-ring (bicyclic) bond motifs is 1. The van der Waals surface area contributed by atoms with E-state index in [4.69, 9.17) is 4.42 Å². The van der Waals surface area contributed by atoms with Gasteiger partial charge in [-0.25, -0.2) is 0 Å². The maximum Gasteiger partial charge on any atom is 0.148 e. The molecule has 0 unspecified atom stereocenters. The Kier molecular flexibility index (Phi) is 2.52. The molecule has 17 heavy (non-hydrogen) atoms. The molecule has 2 aromatic carbocycles. The molecule has 0 atom stereocenters. The second kappa shape index (κ2) is 4.04. The van der Waals surface area contributed by atoms with Gasteiger partial charge in [0.2, 0.25) is 0 Å². The number of furan rings is 1. The van der Waals surface area contributed by atoms with Crippen LogP contribution in [0.4, 0.5) is 0 Å². The summed E-state index contributed by atoms with van der Waals surface area (Å²) < 4.78 is 6.64. The van der Waals surface area contributed by atoms with Gasteiger partial charge in [0.25, 0.3) is 0 Å². The van der Waals surface area contributed by atoms with Gasteiger partial charge >= 0.3 is 0 Å². The Morgan fingerprint density at radius 3 is 2.47 bits per heavy atom. The Labute approximate surface area is 108 Å². The van der Waals surface area contributed by atoms with E-state index in [0.29, 0.717) is 0 Å². The zero-order valence-corrected chi connectivity index (χ0v) is 11.0. The predicted molar refractivity (Wildman–Crippen MR) is 74.1 cm³/mol. The SMILES string of the molecule is Cc1cc2cc(-c3ccccc3)cc(Br)c2o1. The first kappa shape index (κ1) is 10.6. The molecule has 2 heteroatoms. The minimum Gasteiger partial charge on any atom is -0.460 e. The van der Waals surface area contributed by atoms with E-state index in [-0.39, 0.29) is 0 Å². The Balaban J connectivity index is 2.25. The van der Waals surface area contributed by atoms with Gasteiger partial charge in [0, 0.05) is 5.39 Å². The number of halogens is 1. The zero-order valence-electron chi connectivity index (χ0n) is 9.41. The first-order valence-corrected chi connectivity index (χ1v) is 6.28. The van der Waals surface area contributed by atoms with Gasteiger partial charge in [0.15, 0.2) is 0 Å². The molecule has 0 N–H and O–H groups in total. The number of rotatable bonds is 1. The summed E-state index contributed by atoms with van der Waals surface area (Å²) in [5.74, 6) is 0.936. The maximum absolute atomic E-state index is 5.64. The van der Waals surface area contributed by atoms with Crippen LogP contribution < -0.4 is 0 Å². The van der Waals surface area contributed by atoms with Crippen molar-refractivity contribution in [2.24, 2.45) is 0 Å². The van der Waals surface area contributed by atoms with Crippen LogP contribution in [0.15, 0.2) is 57.4 Å². The largest absolute Gasteiger partial charge is 0.460 e. The molecule has 0 radical (unpaired) electrons. The Morgan fingerprint density at radius 1 is 0.941 bits per heavy atom. The van der Waals surface area contributed by atoms with Crippen molar-refractivity contribution >= 4 is 26.9 Å². The minimum absolute atomic E-state index is 0.919. The molecule has 1 nitrogen and oxygen atoms in total. The van der Waals surface area contributed by atoms with E-state index in [2.05, 4.69) is 46.3 Å². The smallest absolute Gasteiger partial charge is 0.148 e. The van der Waals surface area contributed by atoms with Crippen molar-refractivity contribution in [3.63, 3.8) is 0 Å². The summed E-state index contributed by atoms with van der Waals surface area (Å²) in [5, 5.41) is 1.13. The fraction of sp³-hybridized carbons (Fsp3) is 0.0667. The van der Waals surface area contributed by atoms with Crippen molar-refractivity contribution in [2.75, 3.05) is 0 Å². The van der Waals surface area contributed by atoms with E-state index in [0.717, 1.165) is 21.2 Å². The standard InChI is InChI=1S/C15H11BrO/c1-10-7-13-8-12(9-14(16)15(13)17-10)11-5-3-2-4-6-11/h2-9H,1H3. The lowest BCUT2D eigenvalue weighted by Gasteiger charge is -2.02. The molecule has 0 fully saturated rings. The van der Waals surface area contributed by atoms with Crippen molar-refractivity contribution in [1.29, 1.82) is 0 Å². The van der Waals surface area contributed by atoms with Crippen molar-refractivity contribution in [3.8, 4) is 11.1 Å². The zero-order chi connectivity index (χ0) is 11.8. The summed E-state index contributed by atoms with van der Waals surface area (Å²) in [6.07, 6.45) is 0. The lowest BCUT2D eigenvalue weighted by Crippen LogP contribution is -1.77. The molecule has 0 aliphatic carbocycles. The average molecular weight is 287 g/mol. The number of aryl methyl sites for hydroxylation is 1. The summed E-state index contributed by atoms with van der Waals surface area (Å²) in [7, 11) is 0. The summed E-state index contributed by atoms with van der Waals surface area (Å²) >= 11 is 3.56. The third-order valence-corrected chi connectivity index (χ3v) is 3.39. The van der Waals surface area contributed by atoms with Crippen LogP contribution in [-0.4, -0.2) is 0 Å². The normalized spacial score (nSPS) is 10.9. The highest BCUT2D eigenvalue weighted by Gasteiger charge is 2.07. The van der Waals surface area contributed by atoms with E-state index >= 15 is 0 Å². The molecule has 1 aromatic heterocycles. The van der Waals surface area contributed by atoms with E-state index < -0.39 is 0 Å². The van der Waals surface area contributed by atoms with Gasteiger partial charge in [-0.15, -0.1) is 0 Å². The number of hydrogen-bond donors (Lipinski definition) is 0. The maximum atomic E-state index is 5.64. The molecule has 3 aromatic rings. The second-order valence-electron chi connectivity index (χ2n) is 4.10. The summed E-state index contributed by atoms with van der Waals surface area (Å²) in [6.45, 7) is 1.97. The molecule has 1 heterocycles. The fourth-order valence-corrected chi connectivity index (χ4v) is 2.59. The van der Waals surface area contributed by atoms with Gasteiger partial charge in [-0.05, 0) is 52.2 Å². The molecule has 0 saturated heterocycles. The van der Waals surface area contributed by atoms with Crippen LogP contribution in [0.3, 0.4) is 0 Å². The van der Waals surface area contributed by atoms with E-state index in [1.807, 2.05) is 25.1 Å². The van der Waals surface area contributed by atoms with Gasteiger partial charge in [0.05, 0.1) is 4.47 Å². The Morgan fingerprint density at radius 2 is 1.71 bits per heavy atom. The molecule has 84 valence electrons. The van der Waals surface area contributed by atoms with Gasteiger partial charge in [-0.1, -0.05) is 30.3 Å². The van der Waals surface area contributed by atoms with E-state index in [1.54, 1.807) is 0 Å². The van der Waals surface area contributed by atoms with E-state index in [9.17, 15) is 0 Å². The third kappa shape index (κ3) is 1.89. The topological polar surface area (TPSA) is 13.1 Å². The lowest BCUT2D eigenvalue weighted by atomic mass is 10.0. The number of benzene rings is 2. The molecule has 0 bridgehead atoms. The highest BCUT2D eigenvalue weighted by molar-refractivity contribution is 9.10. The highest BCUT2D eigenvalue weighted by Crippen LogP contribution is 2.32. The van der Waals surface area contributed by atoms with Crippen molar-refractivity contribution in [2.45, 2.75) is 6.92 Å². The second-order valence-corrected chi connectivity index (χ2v) is 4.95. The van der Waals surface area contributed by atoms with Crippen LogP contribution in [0.25, 0.3) is 22.1 Å². The number of hydrogen-bond acceptors (Lipinski definition) is 1. The molecule has 3 rings (SSSR count). The van der Waals surface area contributed by atoms with Gasteiger partial charge in [0.1, 0.15) is 11.3 Å². The third-order valence-electron chi connectivity index (χ3n) is 2.80. The summed E-state index contributed by atoms with van der Waals surface area (Å²) in [6, 6.07) is 16.7. The molecular formula is C15H11BrO. The Hall–Kier alpha value is -1.54. The highest BCUT2D eigenvalue weighted by atomic mass is 79.9. The fourth-order valence-electron chi connectivity index (χ4n) is 2.04. The lowest BCUT2D eigenvalue weighted by molar-refractivity contribution is 0.577. The van der Waals surface area contributed by atoms with Crippen molar-refractivity contribution in [3.05, 3.63) is 58.8 Å². The van der Waals surface area contributed by atoms with Crippen LogP contribution in [0.1, 0.15) is 5.76 Å². The van der Waals surface area contributed by atoms with Crippen LogP contribution in [0.2, 0.25) is 0 Å². The summed E-state index contributed by atoms with van der Waals surface area (Å²) in [5.41, 5.74) is 3.34. The van der Waals surface area contributed by atoms with E-state index in [1.165, 1.54) is 11.1 Å². The van der Waals surface area contributed by atoms with Crippen LogP contribution in [-0.2, 0) is 0 Å². The molecule has 0 amide bonds. The molecule has 0 spiro atoms. The average Bonchev–Trinajstić information content (AvgIpc) is 2.71. The van der Waals surface area contributed by atoms with Crippen molar-refractivity contribution < 1.29 is 4.42 Å². The first-order valence-electron chi connectivity index (χ1n) is 5.49. The van der Waals surface area contributed by atoms with Crippen LogP contribution in [0.5, 0.6) is 0 Å². The summed E-state index contributed by atoms with van der Waals surface area (Å²) in [4.78, 5) is 0. The molecule has 0 aliphatic rings. The Bertz CT molecular complexity index is 668. The van der Waals surface area contributed by atoms with Gasteiger partial charge in [-0.2, -0.15) is 0 Å². The predicted octanol–water partition coefficient (Wildman–Crippen LogP) is 5.17. The first-order chi connectivity index (χ1) is 8.24. The van der Waals surface area contributed by atoms with Crippen LogP contribution in [0, 0.1) is 6.92 Å². The molecular weight excluding hydrogens is 276 g/mol. The monoisotopic (exact) mass is 286 g/mol. The van der Waals surface area contributed by atoms with Crippen molar-refractivity contribution in [1.82, 2.24) is 0 Å². The van der Waals surface area contributed by atoms with Gasteiger partial charge in [-0.3, -0.25) is 0 Å². The van der Waals surface area contributed by atoms with Gasteiger partial charge < -0.3 is 4.42 Å². The molecule has 0 aliphatic heterocycles.